The summed E-state index contributed by atoms with van der Waals surface area (Å²) in [6.07, 6.45) is 0. The number of nitro groups is 1. The highest BCUT2D eigenvalue weighted by atomic mass is 35.5. The highest BCUT2D eigenvalue weighted by molar-refractivity contribution is 6.33. The van der Waals surface area contributed by atoms with Crippen LogP contribution in [0.15, 0.2) is 59.0 Å². The van der Waals surface area contributed by atoms with E-state index in [1.165, 1.54) is 36.4 Å². The normalized spacial score (nSPS) is 10.5. The van der Waals surface area contributed by atoms with Crippen molar-refractivity contribution in [2.24, 2.45) is 0 Å². The maximum absolute atomic E-state index is 12.9. The van der Waals surface area contributed by atoms with Crippen LogP contribution in [0.3, 0.4) is 0 Å². The first-order valence-corrected chi connectivity index (χ1v) is 7.88. The molecule has 1 N–H and O–H groups in total. The average Bonchev–Trinajstić information content (AvgIpc) is 3.10. The second kappa shape index (κ2) is 7.37. The summed E-state index contributed by atoms with van der Waals surface area (Å²) in [5, 5.41) is 13.6. The van der Waals surface area contributed by atoms with Crippen LogP contribution in [0.5, 0.6) is 0 Å². The minimum absolute atomic E-state index is 0.0662. The molecule has 1 amide bonds. The molecule has 3 aromatic rings. The molecule has 0 aliphatic rings. The zero-order valence-corrected chi connectivity index (χ0v) is 14.0. The zero-order valence-electron chi connectivity index (χ0n) is 13.2. The largest absolute Gasteiger partial charge is 0.451 e. The van der Waals surface area contributed by atoms with E-state index in [0.29, 0.717) is 11.3 Å². The van der Waals surface area contributed by atoms with Gasteiger partial charge in [0.25, 0.3) is 11.6 Å². The number of amides is 1. The van der Waals surface area contributed by atoms with Crippen LogP contribution in [0.2, 0.25) is 5.02 Å². The summed E-state index contributed by atoms with van der Waals surface area (Å²) in [4.78, 5) is 22.4. The van der Waals surface area contributed by atoms with E-state index in [2.05, 4.69) is 5.32 Å². The van der Waals surface area contributed by atoms with Crippen molar-refractivity contribution in [3.05, 3.63) is 86.9 Å². The van der Waals surface area contributed by atoms with Gasteiger partial charge in [0.2, 0.25) is 0 Å². The Balaban J connectivity index is 1.72. The second-order valence-corrected chi connectivity index (χ2v) is 5.80. The Labute approximate surface area is 152 Å². The third-order valence-electron chi connectivity index (χ3n) is 3.63. The standard InChI is InChI=1S/C18H12ClFN2O4/c19-15-9-13(22(24)25)5-6-14(15)16-7-8-17(26-16)18(23)21-10-11-1-3-12(20)4-2-11/h1-9H,10H2,(H,21,23). The molecular formula is C18H12ClFN2O4. The van der Waals surface area contributed by atoms with Crippen LogP contribution in [0, 0.1) is 15.9 Å². The predicted molar refractivity (Wildman–Crippen MR) is 93.4 cm³/mol. The molecule has 0 spiro atoms. The minimum Gasteiger partial charge on any atom is -0.451 e. The highest BCUT2D eigenvalue weighted by Crippen LogP contribution is 2.32. The summed E-state index contributed by atoms with van der Waals surface area (Å²) in [7, 11) is 0. The van der Waals surface area contributed by atoms with Crippen molar-refractivity contribution in [2.45, 2.75) is 6.54 Å². The lowest BCUT2D eigenvalue weighted by molar-refractivity contribution is -0.384. The summed E-state index contributed by atoms with van der Waals surface area (Å²) >= 11 is 6.06. The van der Waals surface area contributed by atoms with Gasteiger partial charge in [-0.05, 0) is 35.9 Å². The van der Waals surface area contributed by atoms with E-state index in [-0.39, 0.29) is 28.8 Å². The average molecular weight is 375 g/mol. The number of non-ortho nitro benzene ring substituents is 1. The number of halogens is 2. The Bertz CT molecular complexity index is 970. The number of nitro benzene ring substituents is 1. The van der Waals surface area contributed by atoms with Gasteiger partial charge in [0.1, 0.15) is 11.6 Å². The summed E-state index contributed by atoms with van der Waals surface area (Å²) in [6, 6.07) is 12.8. The van der Waals surface area contributed by atoms with Crippen LogP contribution in [0.25, 0.3) is 11.3 Å². The van der Waals surface area contributed by atoms with Crippen molar-refractivity contribution in [2.75, 3.05) is 0 Å². The van der Waals surface area contributed by atoms with E-state index in [9.17, 15) is 19.3 Å². The smallest absolute Gasteiger partial charge is 0.287 e. The summed E-state index contributed by atoms with van der Waals surface area (Å²) < 4.78 is 18.4. The van der Waals surface area contributed by atoms with Gasteiger partial charge in [0.15, 0.2) is 5.76 Å². The third-order valence-corrected chi connectivity index (χ3v) is 3.94. The topological polar surface area (TPSA) is 85.4 Å². The van der Waals surface area contributed by atoms with Gasteiger partial charge in [0.05, 0.1) is 9.95 Å². The quantitative estimate of drug-likeness (QED) is 0.523. The molecular weight excluding hydrogens is 363 g/mol. The number of hydrogen-bond acceptors (Lipinski definition) is 4. The molecule has 6 nitrogen and oxygen atoms in total. The molecule has 1 heterocycles. The number of rotatable bonds is 5. The molecule has 3 rings (SSSR count). The number of nitrogens with one attached hydrogen (secondary N) is 1. The van der Waals surface area contributed by atoms with E-state index >= 15 is 0 Å². The van der Waals surface area contributed by atoms with E-state index in [1.54, 1.807) is 18.2 Å². The fourth-order valence-corrected chi connectivity index (χ4v) is 2.56. The third kappa shape index (κ3) is 3.89. The first kappa shape index (κ1) is 17.6. The van der Waals surface area contributed by atoms with Crippen molar-refractivity contribution in [3.8, 4) is 11.3 Å². The summed E-state index contributed by atoms with van der Waals surface area (Å²) in [5.74, 6) is -0.414. The van der Waals surface area contributed by atoms with Crippen molar-refractivity contribution in [1.29, 1.82) is 0 Å². The maximum atomic E-state index is 12.9. The van der Waals surface area contributed by atoms with Gasteiger partial charge in [0, 0.05) is 24.2 Å². The number of furan rings is 1. The van der Waals surface area contributed by atoms with E-state index < -0.39 is 10.8 Å². The Kier molecular flexibility index (Phi) is 4.99. The van der Waals surface area contributed by atoms with Crippen LogP contribution >= 0.6 is 11.6 Å². The van der Waals surface area contributed by atoms with Crippen LogP contribution in [0.4, 0.5) is 10.1 Å². The number of hydrogen-bond donors (Lipinski definition) is 1. The van der Waals surface area contributed by atoms with Crippen LogP contribution in [-0.4, -0.2) is 10.8 Å². The van der Waals surface area contributed by atoms with E-state index in [1.807, 2.05) is 0 Å². The van der Waals surface area contributed by atoms with Gasteiger partial charge in [-0.2, -0.15) is 0 Å². The molecule has 1 aromatic heterocycles. The fraction of sp³-hybridized carbons (Fsp3) is 0.0556. The van der Waals surface area contributed by atoms with E-state index in [0.717, 1.165) is 5.56 Å². The SMILES string of the molecule is O=C(NCc1ccc(F)cc1)c1ccc(-c2ccc([N+](=O)[O-])cc2Cl)o1. The number of benzene rings is 2. The lowest BCUT2D eigenvalue weighted by atomic mass is 10.1. The molecule has 0 saturated carbocycles. The predicted octanol–water partition coefficient (Wildman–Crippen LogP) is 4.58. The Morgan fingerprint density at radius 3 is 2.54 bits per heavy atom. The molecule has 0 bridgehead atoms. The fourth-order valence-electron chi connectivity index (χ4n) is 2.29. The molecule has 8 heteroatoms. The first-order valence-electron chi connectivity index (χ1n) is 7.51. The molecule has 132 valence electrons. The Morgan fingerprint density at radius 1 is 1.15 bits per heavy atom. The zero-order chi connectivity index (χ0) is 18.7. The molecule has 0 saturated heterocycles. The van der Waals surface area contributed by atoms with Crippen LogP contribution < -0.4 is 5.32 Å². The van der Waals surface area contributed by atoms with Crippen molar-refractivity contribution in [1.82, 2.24) is 5.32 Å². The number of carbonyl (C=O) groups is 1. The second-order valence-electron chi connectivity index (χ2n) is 5.39. The van der Waals surface area contributed by atoms with Gasteiger partial charge < -0.3 is 9.73 Å². The Morgan fingerprint density at radius 2 is 1.88 bits per heavy atom. The highest BCUT2D eigenvalue weighted by Gasteiger charge is 2.16. The molecule has 26 heavy (non-hydrogen) atoms. The van der Waals surface area contributed by atoms with Gasteiger partial charge in [-0.15, -0.1) is 0 Å². The van der Waals surface area contributed by atoms with Gasteiger partial charge >= 0.3 is 0 Å². The number of carbonyl (C=O) groups excluding carboxylic acids is 1. The first-order chi connectivity index (χ1) is 12.4. The van der Waals surface area contributed by atoms with Crippen molar-refractivity contribution < 1.29 is 18.5 Å². The van der Waals surface area contributed by atoms with E-state index in [4.69, 9.17) is 16.0 Å². The minimum atomic E-state index is -0.549. The molecule has 0 radical (unpaired) electrons. The Hall–Kier alpha value is -3.19. The molecule has 0 unspecified atom stereocenters. The summed E-state index contributed by atoms with van der Waals surface area (Å²) in [5.41, 5.74) is 1.04. The molecule has 0 aliphatic carbocycles. The van der Waals surface area contributed by atoms with Gasteiger partial charge in [-0.25, -0.2) is 4.39 Å². The monoisotopic (exact) mass is 374 g/mol. The lowest BCUT2D eigenvalue weighted by Gasteiger charge is -2.04. The maximum Gasteiger partial charge on any atom is 0.287 e. The molecule has 2 aromatic carbocycles. The summed E-state index contributed by atoms with van der Waals surface area (Å²) in [6.45, 7) is 0.216. The lowest BCUT2D eigenvalue weighted by Crippen LogP contribution is -2.22. The van der Waals surface area contributed by atoms with Crippen molar-refractivity contribution in [3.63, 3.8) is 0 Å². The number of nitrogens with zero attached hydrogens (tertiary/aromatic N) is 1. The van der Waals surface area contributed by atoms with Crippen LogP contribution in [0.1, 0.15) is 16.1 Å². The van der Waals surface area contributed by atoms with Crippen LogP contribution in [-0.2, 0) is 6.54 Å². The molecule has 0 aliphatic heterocycles. The molecule has 0 fully saturated rings. The van der Waals surface area contributed by atoms with Gasteiger partial charge in [-0.1, -0.05) is 23.7 Å². The van der Waals surface area contributed by atoms with Gasteiger partial charge in [-0.3, -0.25) is 14.9 Å². The molecule has 0 atom stereocenters. The van der Waals surface area contributed by atoms with Crippen molar-refractivity contribution >= 4 is 23.2 Å².